The van der Waals surface area contributed by atoms with Gasteiger partial charge in [0.05, 0.1) is 25.5 Å². The summed E-state index contributed by atoms with van der Waals surface area (Å²) in [5, 5.41) is 8.92. The zero-order valence-corrected chi connectivity index (χ0v) is 8.02. The van der Waals surface area contributed by atoms with E-state index in [1.165, 1.54) is 0 Å². The van der Waals surface area contributed by atoms with Gasteiger partial charge in [0.25, 0.3) is 0 Å². The number of aryl methyl sites for hydroxylation is 1. The minimum absolute atomic E-state index is 0.133. The number of aliphatic hydroxyl groups excluding tert-OH is 1. The van der Waals surface area contributed by atoms with E-state index in [0.29, 0.717) is 37.2 Å². The Kier molecular flexibility index (Phi) is 2.81. The van der Waals surface area contributed by atoms with Crippen LogP contribution in [0.15, 0.2) is 4.42 Å². The van der Waals surface area contributed by atoms with Crippen molar-refractivity contribution >= 4 is 0 Å². The van der Waals surface area contributed by atoms with Gasteiger partial charge in [0, 0.05) is 0 Å². The zero-order valence-electron chi connectivity index (χ0n) is 8.02. The molecule has 1 atom stereocenters. The van der Waals surface area contributed by atoms with Gasteiger partial charge in [-0.1, -0.05) is 0 Å². The van der Waals surface area contributed by atoms with Crippen molar-refractivity contribution in [2.45, 2.75) is 19.6 Å². The Morgan fingerprint density at radius 3 is 2.93 bits per heavy atom. The second-order valence-corrected chi connectivity index (χ2v) is 3.15. The van der Waals surface area contributed by atoms with Crippen LogP contribution in [-0.2, 0) is 16.1 Å². The number of rotatable bonds is 2. The summed E-state index contributed by atoms with van der Waals surface area (Å²) in [5.41, 5.74) is 0.705. The zero-order chi connectivity index (χ0) is 9.97. The smallest absolute Gasteiger partial charge is 0.226 e. The number of aliphatic hydroxyl groups is 1. The Balaban J connectivity index is 2.14. The highest BCUT2D eigenvalue weighted by Gasteiger charge is 2.22. The Bertz CT molecular complexity index is 304. The van der Waals surface area contributed by atoms with Gasteiger partial charge < -0.3 is 19.0 Å². The maximum absolute atomic E-state index is 8.92. The van der Waals surface area contributed by atoms with Gasteiger partial charge in [-0.3, -0.25) is 0 Å². The number of aromatic nitrogens is 1. The first-order valence-corrected chi connectivity index (χ1v) is 4.57. The van der Waals surface area contributed by atoms with Crippen LogP contribution in [0.25, 0.3) is 0 Å². The Labute approximate surface area is 81.7 Å². The van der Waals surface area contributed by atoms with Gasteiger partial charge in [0.1, 0.15) is 6.61 Å². The first-order chi connectivity index (χ1) is 6.81. The highest BCUT2D eigenvalue weighted by atomic mass is 16.6. The van der Waals surface area contributed by atoms with Crippen LogP contribution in [0.1, 0.15) is 23.4 Å². The molecule has 5 heteroatoms. The summed E-state index contributed by atoms with van der Waals surface area (Å²) in [6.45, 7) is 3.29. The van der Waals surface area contributed by atoms with Gasteiger partial charge in [0.2, 0.25) is 5.89 Å². The third-order valence-electron chi connectivity index (χ3n) is 2.14. The Morgan fingerprint density at radius 1 is 1.50 bits per heavy atom. The lowest BCUT2D eigenvalue weighted by molar-refractivity contribution is -0.1000. The van der Waals surface area contributed by atoms with Crippen molar-refractivity contribution in [3.05, 3.63) is 17.3 Å². The van der Waals surface area contributed by atoms with Crippen LogP contribution in [-0.4, -0.2) is 29.9 Å². The molecule has 0 saturated carbocycles. The molecular formula is C9H13NO4. The molecule has 1 N–H and O–H groups in total. The molecule has 0 spiro atoms. The molecule has 14 heavy (non-hydrogen) atoms. The first kappa shape index (κ1) is 9.64. The van der Waals surface area contributed by atoms with E-state index >= 15 is 0 Å². The van der Waals surface area contributed by atoms with Gasteiger partial charge in [-0.2, -0.15) is 0 Å². The minimum atomic E-state index is -0.234. The fraction of sp³-hybridized carbons (Fsp3) is 0.667. The van der Waals surface area contributed by atoms with E-state index in [0.717, 1.165) is 0 Å². The third kappa shape index (κ3) is 1.79. The summed E-state index contributed by atoms with van der Waals surface area (Å²) in [6.07, 6.45) is -0.234. The molecule has 78 valence electrons. The van der Waals surface area contributed by atoms with Gasteiger partial charge in [-0.15, -0.1) is 0 Å². The van der Waals surface area contributed by atoms with Crippen molar-refractivity contribution in [1.82, 2.24) is 4.98 Å². The van der Waals surface area contributed by atoms with Crippen LogP contribution >= 0.6 is 0 Å². The second kappa shape index (κ2) is 4.08. The van der Waals surface area contributed by atoms with Gasteiger partial charge in [-0.05, 0) is 6.92 Å². The number of ether oxygens (including phenoxy) is 2. The highest BCUT2D eigenvalue weighted by Crippen LogP contribution is 2.22. The number of nitrogens with zero attached hydrogens (tertiary/aromatic N) is 1. The molecule has 0 aromatic carbocycles. The highest BCUT2D eigenvalue weighted by molar-refractivity contribution is 5.08. The van der Waals surface area contributed by atoms with E-state index in [9.17, 15) is 0 Å². The van der Waals surface area contributed by atoms with Gasteiger partial charge >= 0.3 is 0 Å². The predicted molar refractivity (Wildman–Crippen MR) is 46.7 cm³/mol. The average molecular weight is 199 g/mol. The van der Waals surface area contributed by atoms with E-state index in [2.05, 4.69) is 4.98 Å². The average Bonchev–Trinajstić information content (AvgIpc) is 2.61. The van der Waals surface area contributed by atoms with Crippen molar-refractivity contribution in [2.24, 2.45) is 0 Å². The molecule has 1 aliphatic heterocycles. The molecule has 2 heterocycles. The SMILES string of the molecule is Cc1nc(C2COCCO2)oc1CO. The van der Waals surface area contributed by atoms with Crippen LogP contribution < -0.4 is 0 Å². The fourth-order valence-corrected chi connectivity index (χ4v) is 1.37. The van der Waals surface area contributed by atoms with E-state index < -0.39 is 0 Å². The molecule has 1 aliphatic rings. The molecule has 1 fully saturated rings. The van der Waals surface area contributed by atoms with Gasteiger partial charge in [0.15, 0.2) is 11.9 Å². The van der Waals surface area contributed by atoms with Crippen molar-refractivity contribution in [1.29, 1.82) is 0 Å². The monoisotopic (exact) mass is 199 g/mol. The summed E-state index contributed by atoms with van der Waals surface area (Å²) in [6, 6.07) is 0. The van der Waals surface area contributed by atoms with E-state index in [1.807, 2.05) is 0 Å². The lowest BCUT2D eigenvalue weighted by atomic mass is 10.3. The van der Waals surface area contributed by atoms with Crippen molar-refractivity contribution in [3.63, 3.8) is 0 Å². The number of oxazole rings is 1. The molecule has 1 aromatic heterocycles. The van der Waals surface area contributed by atoms with E-state index in [4.69, 9.17) is 19.0 Å². The standard InChI is InChI=1S/C9H13NO4/c1-6-7(4-11)14-9(10-6)8-5-12-2-3-13-8/h8,11H,2-5H2,1H3. The summed E-state index contributed by atoms with van der Waals surface area (Å²) in [7, 11) is 0. The van der Waals surface area contributed by atoms with Crippen molar-refractivity contribution in [3.8, 4) is 0 Å². The first-order valence-electron chi connectivity index (χ1n) is 4.57. The molecule has 0 amide bonds. The van der Waals surface area contributed by atoms with Crippen LogP contribution in [0.2, 0.25) is 0 Å². The molecule has 0 radical (unpaired) electrons. The third-order valence-corrected chi connectivity index (χ3v) is 2.14. The summed E-state index contributed by atoms with van der Waals surface area (Å²) < 4.78 is 16.0. The maximum atomic E-state index is 8.92. The topological polar surface area (TPSA) is 64.7 Å². The fourth-order valence-electron chi connectivity index (χ4n) is 1.37. The molecule has 0 bridgehead atoms. The maximum Gasteiger partial charge on any atom is 0.226 e. The van der Waals surface area contributed by atoms with Crippen molar-refractivity contribution in [2.75, 3.05) is 19.8 Å². The molecule has 1 saturated heterocycles. The molecule has 1 unspecified atom stereocenters. The predicted octanol–water partition coefficient (Wildman–Crippen LogP) is 0.563. The van der Waals surface area contributed by atoms with Gasteiger partial charge in [-0.25, -0.2) is 4.98 Å². The van der Waals surface area contributed by atoms with Crippen LogP contribution in [0.4, 0.5) is 0 Å². The largest absolute Gasteiger partial charge is 0.440 e. The normalized spacial score (nSPS) is 22.6. The van der Waals surface area contributed by atoms with Crippen LogP contribution in [0, 0.1) is 6.92 Å². The van der Waals surface area contributed by atoms with E-state index in [1.54, 1.807) is 6.92 Å². The Hall–Kier alpha value is -0.910. The number of hydrogen-bond donors (Lipinski definition) is 1. The molecule has 0 aliphatic carbocycles. The minimum Gasteiger partial charge on any atom is -0.440 e. The van der Waals surface area contributed by atoms with E-state index in [-0.39, 0.29) is 12.7 Å². The molecule has 2 rings (SSSR count). The molecular weight excluding hydrogens is 186 g/mol. The summed E-state index contributed by atoms with van der Waals surface area (Å²) >= 11 is 0. The summed E-state index contributed by atoms with van der Waals surface area (Å²) in [5.74, 6) is 0.987. The summed E-state index contributed by atoms with van der Waals surface area (Å²) in [4.78, 5) is 4.17. The quantitative estimate of drug-likeness (QED) is 0.754. The van der Waals surface area contributed by atoms with Crippen LogP contribution in [0.3, 0.4) is 0 Å². The number of hydrogen-bond acceptors (Lipinski definition) is 5. The molecule has 1 aromatic rings. The second-order valence-electron chi connectivity index (χ2n) is 3.15. The molecule has 5 nitrogen and oxygen atoms in total. The van der Waals surface area contributed by atoms with Crippen LogP contribution in [0.5, 0.6) is 0 Å². The van der Waals surface area contributed by atoms with Crippen molar-refractivity contribution < 1.29 is 19.0 Å². The Morgan fingerprint density at radius 2 is 2.36 bits per heavy atom. The lowest BCUT2D eigenvalue weighted by Gasteiger charge is -2.19. The lowest BCUT2D eigenvalue weighted by Crippen LogP contribution is -2.22.